The van der Waals surface area contributed by atoms with Gasteiger partial charge in [0.05, 0.1) is 10.7 Å². The molecular weight excluding hydrogens is 287 g/mol. The van der Waals surface area contributed by atoms with E-state index in [2.05, 4.69) is 24.1 Å². The summed E-state index contributed by atoms with van der Waals surface area (Å²) in [5.41, 5.74) is 1.68. The number of para-hydroxylation sites is 1. The highest BCUT2D eigenvalue weighted by atomic mass is 32.1. The lowest BCUT2D eigenvalue weighted by atomic mass is 10.2. The van der Waals surface area contributed by atoms with Crippen molar-refractivity contribution in [2.24, 2.45) is 0 Å². The van der Waals surface area contributed by atoms with Crippen LogP contribution in [0.4, 0.5) is 4.39 Å². The van der Waals surface area contributed by atoms with E-state index in [4.69, 9.17) is 4.74 Å². The lowest BCUT2D eigenvalue weighted by Gasteiger charge is -2.12. The molecule has 0 amide bonds. The van der Waals surface area contributed by atoms with Crippen LogP contribution in [0.1, 0.15) is 43.0 Å². The monoisotopic (exact) mass is 308 g/mol. The van der Waals surface area contributed by atoms with Gasteiger partial charge in [-0.2, -0.15) is 0 Å². The van der Waals surface area contributed by atoms with Crippen LogP contribution < -0.4 is 10.1 Å². The SMILES string of the molecule is CCNCc1cccc(F)c1OCc1csc(C(C)C)n1. The second kappa shape index (κ2) is 7.52. The van der Waals surface area contributed by atoms with E-state index >= 15 is 0 Å². The van der Waals surface area contributed by atoms with Crippen molar-refractivity contribution in [1.82, 2.24) is 10.3 Å². The lowest BCUT2D eigenvalue weighted by molar-refractivity contribution is 0.282. The Balaban J connectivity index is 2.07. The van der Waals surface area contributed by atoms with Crippen molar-refractivity contribution in [2.75, 3.05) is 6.54 Å². The summed E-state index contributed by atoms with van der Waals surface area (Å²) < 4.78 is 19.6. The molecule has 2 rings (SSSR count). The fourth-order valence-electron chi connectivity index (χ4n) is 1.91. The normalized spacial score (nSPS) is 11.1. The Hall–Kier alpha value is -1.46. The minimum atomic E-state index is -0.329. The molecular formula is C16H21FN2OS. The summed E-state index contributed by atoms with van der Waals surface area (Å²) in [6.45, 7) is 7.95. The topological polar surface area (TPSA) is 34.1 Å². The van der Waals surface area contributed by atoms with E-state index in [0.717, 1.165) is 22.8 Å². The number of hydrogen-bond donors (Lipinski definition) is 1. The minimum Gasteiger partial charge on any atom is -0.484 e. The first-order valence-corrected chi connectivity index (χ1v) is 8.05. The van der Waals surface area contributed by atoms with Gasteiger partial charge in [-0.1, -0.05) is 32.9 Å². The van der Waals surface area contributed by atoms with Crippen molar-refractivity contribution in [3.8, 4) is 5.75 Å². The average molecular weight is 308 g/mol. The van der Waals surface area contributed by atoms with E-state index in [-0.39, 0.29) is 5.82 Å². The molecule has 0 unspecified atom stereocenters. The number of nitrogens with zero attached hydrogens (tertiary/aromatic N) is 1. The molecule has 2 aromatic rings. The molecule has 0 aliphatic carbocycles. The molecule has 0 spiro atoms. The van der Waals surface area contributed by atoms with Gasteiger partial charge in [0.15, 0.2) is 11.6 Å². The molecule has 0 atom stereocenters. The van der Waals surface area contributed by atoms with Crippen molar-refractivity contribution in [3.63, 3.8) is 0 Å². The summed E-state index contributed by atoms with van der Waals surface area (Å²) in [4.78, 5) is 4.50. The van der Waals surface area contributed by atoms with Gasteiger partial charge in [0.25, 0.3) is 0 Å². The summed E-state index contributed by atoms with van der Waals surface area (Å²) in [7, 11) is 0. The highest BCUT2D eigenvalue weighted by Crippen LogP contribution is 2.25. The van der Waals surface area contributed by atoms with Crippen LogP contribution in [0.3, 0.4) is 0 Å². The number of thiazole rings is 1. The molecule has 1 N–H and O–H groups in total. The van der Waals surface area contributed by atoms with Gasteiger partial charge in [-0.3, -0.25) is 0 Å². The van der Waals surface area contributed by atoms with Crippen LogP contribution in [0.25, 0.3) is 0 Å². The molecule has 1 aromatic heterocycles. The summed E-state index contributed by atoms with van der Waals surface area (Å²) in [5.74, 6) is 0.392. The predicted molar refractivity (Wildman–Crippen MR) is 84.3 cm³/mol. The molecule has 0 aliphatic heterocycles. The van der Waals surface area contributed by atoms with E-state index in [1.54, 1.807) is 17.4 Å². The molecule has 5 heteroatoms. The quantitative estimate of drug-likeness (QED) is 0.836. The maximum atomic E-state index is 13.9. The summed E-state index contributed by atoms with van der Waals surface area (Å²) in [6.07, 6.45) is 0. The number of hydrogen-bond acceptors (Lipinski definition) is 4. The Labute approximate surface area is 129 Å². The number of ether oxygens (including phenoxy) is 1. The van der Waals surface area contributed by atoms with Crippen LogP contribution in [0, 0.1) is 5.82 Å². The van der Waals surface area contributed by atoms with Gasteiger partial charge in [0, 0.05) is 23.4 Å². The summed E-state index contributed by atoms with van der Waals surface area (Å²) in [5, 5.41) is 6.24. The van der Waals surface area contributed by atoms with Gasteiger partial charge < -0.3 is 10.1 Å². The predicted octanol–water partition coefficient (Wildman–Crippen LogP) is 4.09. The molecule has 1 aromatic carbocycles. The Kier molecular flexibility index (Phi) is 5.70. The van der Waals surface area contributed by atoms with E-state index < -0.39 is 0 Å². The van der Waals surface area contributed by atoms with Crippen molar-refractivity contribution in [2.45, 2.75) is 39.8 Å². The van der Waals surface area contributed by atoms with Crippen LogP contribution >= 0.6 is 11.3 Å². The second-order valence-corrected chi connectivity index (χ2v) is 6.02. The molecule has 0 saturated heterocycles. The average Bonchev–Trinajstić information content (AvgIpc) is 2.93. The number of rotatable bonds is 7. The molecule has 1 heterocycles. The maximum absolute atomic E-state index is 13.9. The zero-order valence-electron chi connectivity index (χ0n) is 12.6. The standard InChI is InChI=1S/C16H21FN2OS/c1-4-18-8-12-6-5-7-14(17)15(12)20-9-13-10-21-16(19-13)11(2)3/h5-7,10-11,18H,4,8-9H2,1-3H3. The van der Waals surface area contributed by atoms with Gasteiger partial charge in [-0.15, -0.1) is 11.3 Å². The smallest absolute Gasteiger partial charge is 0.165 e. The largest absolute Gasteiger partial charge is 0.484 e. The first kappa shape index (κ1) is 15.9. The molecule has 3 nitrogen and oxygen atoms in total. The molecule has 0 radical (unpaired) electrons. The highest BCUT2D eigenvalue weighted by molar-refractivity contribution is 7.09. The van der Waals surface area contributed by atoms with E-state index in [1.807, 2.05) is 18.4 Å². The first-order chi connectivity index (χ1) is 10.1. The zero-order chi connectivity index (χ0) is 15.2. The van der Waals surface area contributed by atoms with E-state index in [0.29, 0.717) is 24.8 Å². The lowest BCUT2D eigenvalue weighted by Crippen LogP contribution is -2.13. The van der Waals surface area contributed by atoms with Crippen LogP contribution in [0.2, 0.25) is 0 Å². The number of benzene rings is 1. The third-order valence-electron chi connectivity index (χ3n) is 3.04. The van der Waals surface area contributed by atoms with E-state index in [1.165, 1.54) is 6.07 Å². The second-order valence-electron chi connectivity index (χ2n) is 5.13. The number of halogens is 1. The highest BCUT2D eigenvalue weighted by Gasteiger charge is 2.11. The minimum absolute atomic E-state index is 0.295. The van der Waals surface area contributed by atoms with Crippen molar-refractivity contribution >= 4 is 11.3 Å². The number of nitrogens with one attached hydrogen (secondary N) is 1. The van der Waals surface area contributed by atoms with Gasteiger partial charge in [-0.25, -0.2) is 9.37 Å². The molecule has 0 aliphatic rings. The maximum Gasteiger partial charge on any atom is 0.165 e. The van der Waals surface area contributed by atoms with Crippen LogP contribution in [-0.2, 0) is 13.2 Å². The third-order valence-corrected chi connectivity index (χ3v) is 4.24. The van der Waals surface area contributed by atoms with Crippen molar-refractivity contribution < 1.29 is 9.13 Å². The molecule has 0 fully saturated rings. The Bertz CT molecular complexity index is 583. The van der Waals surface area contributed by atoms with Crippen molar-refractivity contribution in [1.29, 1.82) is 0 Å². The molecule has 114 valence electrons. The van der Waals surface area contributed by atoms with Gasteiger partial charge in [0.1, 0.15) is 6.61 Å². The fraction of sp³-hybridized carbons (Fsp3) is 0.438. The van der Waals surface area contributed by atoms with Crippen molar-refractivity contribution in [3.05, 3.63) is 45.7 Å². The molecule has 0 bridgehead atoms. The molecule has 0 saturated carbocycles. The van der Waals surface area contributed by atoms with Crippen LogP contribution in [0.5, 0.6) is 5.75 Å². The van der Waals surface area contributed by atoms with Gasteiger partial charge >= 0.3 is 0 Å². The first-order valence-electron chi connectivity index (χ1n) is 7.17. The fourth-order valence-corrected chi connectivity index (χ4v) is 2.73. The number of aromatic nitrogens is 1. The van der Waals surface area contributed by atoms with Gasteiger partial charge in [-0.05, 0) is 12.6 Å². The summed E-state index contributed by atoms with van der Waals surface area (Å²) >= 11 is 1.62. The van der Waals surface area contributed by atoms with E-state index in [9.17, 15) is 4.39 Å². The van der Waals surface area contributed by atoms with Crippen LogP contribution in [-0.4, -0.2) is 11.5 Å². The summed E-state index contributed by atoms with van der Waals surface area (Å²) in [6, 6.07) is 5.00. The van der Waals surface area contributed by atoms with Gasteiger partial charge in [0.2, 0.25) is 0 Å². The molecule has 21 heavy (non-hydrogen) atoms. The third kappa shape index (κ3) is 4.25. The Morgan fingerprint density at radius 1 is 1.38 bits per heavy atom. The zero-order valence-corrected chi connectivity index (χ0v) is 13.5. The Morgan fingerprint density at radius 3 is 2.86 bits per heavy atom. The Morgan fingerprint density at radius 2 is 2.19 bits per heavy atom. The van der Waals surface area contributed by atoms with Crippen LogP contribution in [0.15, 0.2) is 23.6 Å².